The fourth-order valence-electron chi connectivity index (χ4n) is 3.82. The molecular formula is C21H31N3O. The molecule has 0 radical (unpaired) electrons. The minimum Gasteiger partial charge on any atom is -0.335 e. The van der Waals surface area contributed by atoms with Gasteiger partial charge in [0, 0.05) is 38.8 Å². The van der Waals surface area contributed by atoms with Crippen LogP contribution in [0.5, 0.6) is 0 Å². The highest BCUT2D eigenvalue weighted by molar-refractivity contribution is 5.74. The van der Waals surface area contributed by atoms with Crippen molar-refractivity contribution in [3.05, 3.63) is 42.0 Å². The number of carbonyl (C=O) groups excluding carboxylic acids is 1. The Balaban J connectivity index is 1.39. The van der Waals surface area contributed by atoms with E-state index in [1.807, 2.05) is 11.0 Å². The molecule has 1 N–H and O–H groups in total. The molecule has 2 aliphatic rings. The maximum Gasteiger partial charge on any atom is 0.317 e. The van der Waals surface area contributed by atoms with E-state index in [2.05, 4.69) is 53.6 Å². The van der Waals surface area contributed by atoms with Crippen LogP contribution in [0.3, 0.4) is 0 Å². The molecule has 136 valence electrons. The summed E-state index contributed by atoms with van der Waals surface area (Å²) in [5.41, 5.74) is 1.24. The summed E-state index contributed by atoms with van der Waals surface area (Å²) in [5, 5.41) is 3.27. The summed E-state index contributed by atoms with van der Waals surface area (Å²) in [5.74, 6) is 0.613. The first-order chi connectivity index (χ1) is 12.2. The van der Waals surface area contributed by atoms with Crippen LogP contribution >= 0.6 is 0 Å². The van der Waals surface area contributed by atoms with Crippen molar-refractivity contribution in [2.24, 2.45) is 5.92 Å². The highest BCUT2D eigenvalue weighted by Crippen LogP contribution is 2.23. The van der Waals surface area contributed by atoms with Crippen LogP contribution in [0.1, 0.15) is 38.2 Å². The van der Waals surface area contributed by atoms with Crippen LogP contribution in [-0.4, -0.2) is 54.6 Å². The summed E-state index contributed by atoms with van der Waals surface area (Å²) in [4.78, 5) is 16.9. The van der Waals surface area contributed by atoms with Crippen LogP contribution in [0.15, 0.2) is 36.4 Å². The van der Waals surface area contributed by atoms with Gasteiger partial charge in [0.2, 0.25) is 0 Å². The second-order valence-corrected chi connectivity index (χ2v) is 7.42. The SMILES string of the molecule is CC1CCCCC1NC(=O)N1CCN(C/C=C/c2ccccc2)CC1. The lowest BCUT2D eigenvalue weighted by atomic mass is 9.86. The first-order valence-electron chi connectivity index (χ1n) is 9.72. The maximum atomic E-state index is 12.5. The average Bonchev–Trinajstić information content (AvgIpc) is 2.65. The highest BCUT2D eigenvalue weighted by atomic mass is 16.2. The highest BCUT2D eigenvalue weighted by Gasteiger charge is 2.26. The van der Waals surface area contributed by atoms with Gasteiger partial charge in [-0.15, -0.1) is 0 Å². The first-order valence-corrected chi connectivity index (χ1v) is 9.72. The number of urea groups is 1. The molecule has 0 spiro atoms. The van der Waals surface area contributed by atoms with Gasteiger partial charge >= 0.3 is 6.03 Å². The van der Waals surface area contributed by atoms with E-state index in [0.29, 0.717) is 12.0 Å². The molecule has 1 aliphatic carbocycles. The second kappa shape index (κ2) is 9.04. The molecule has 0 bridgehead atoms. The summed E-state index contributed by atoms with van der Waals surface area (Å²) in [6.45, 7) is 6.77. The molecule has 1 aromatic carbocycles. The van der Waals surface area contributed by atoms with Gasteiger partial charge < -0.3 is 10.2 Å². The van der Waals surface area contributed by atoms with Gasteiger partial charge in [0.25, 0.3) is 0 Å². The molecule has 1 saturated carbocycles. The van der Waals surface area contributed by atoms with E-state index in [9.17, 15) is 4.79 Å². The summed E-state index contributed by atoms with van der Waals surface area (Å²) in [6.07, 6.45) is 9.32. The molecule has 2 amide bonds. The number of rotatable bonds is 4. The van der Waals surface area contributed by atoms with Crippen LogP contribution in [0.4, 0.5) is 4.79 Å². The van der Waals surface area contributed by atoms with Crippen LogP contribution in [0.2, 0.25) is 0 Å². The summed E-state index contributed by atoms with van der Waals surface area (Å²) >= 11 is 0. The predicted molar refractivity (Wildman–Crippen MR) is 103 cm³/mol. The Morgan fingerprint density at radius 1 is 1.12 bits per heavy atom. The van der Waals surface area contributed by atoms with Gasteiger partial charge in [0.15, 0.2) is 0 Å². The van der Waals surface area contributed by atoms with Crippen molar-refractivity contribution in [2.75, 3.05) is 32.7 Å². The third-order valence-corrected chi connectivity index (χ3v) is 5.55. The van der Waals surface area contributed by atoms with Crippen LogP contribution in [-0.2, 0) is 0 Å². The molecule has 2 atom stereocenters. The number of benzene rings is 1. The minimum absolute atomic E-state index is 0.137. The van der Waals surface area contributed by atoms with E-state index in [0.717, 1.165) is 39.1 Å². The molecule has 2 fully saturated rings. The van der Waals surface area contributed by atoms with Crippen molar-refractivity contribution in [3.8, 4) is 0 Å². The average molecular weight is 341 g/mol. The lowest BCUT2D eigenvalue weighted by Crippen LogP contribution is -2.54. The molecule has 1 saturated heterocycles. The summed E-state index contributed by atoms with van der Waals surface area (Å²) in [6, 6.07) is 10.9. The summed E-state index contributed by atoms with van der Waals surface area (Å²) in [7, 11) is 0. The fraction of sp³-hybridized carbons (Fsp3) is 0.571. The van der Waals surface area contributed by atoms with Gasteiger partial charge in [0.1, 0.15) is 0 Å². The van der Waals surface area contributed by atoms with Gasteiger partial charge in [-0.05, 0) is 24.3 Å². The Hall–Kier alpha value is -1.81. The Kier molecular flexibility index (Phi) is 6.51. The van der Waals surface area contributed by atoms with Crippen molar-refractivity contribution in [3.63, 3.8) is 0 Å². The van der Waals surface area contributed by atoms with Crippen LogP contribution < -0.4 is 5.32 Å². The lowest BCUT2D eigenvalue weighted by molar-refractivity contribution is 0.139. The number of carbonyl (C=O) groups is 1. The van der Waals surface area contributed by atoms with Crippen LogP contribution in [0.25, 0.3) is 6.08 Å². The molecule has 3 rings (SSSR count). The van der Waals surface area contributed by atoms with Gasteiger partial charge in [-0.2, -0.15) is 0 Å². The van der Waals surface area contributed by atoms with Gasteiger partial charge in [0.05, 0.1) is 0 Å². The van der Waals surface area contributed by atoms with E-state index in [-0.39, 0.29) is 6.03 Å². The van der Waals surface area contributed by atoms with E-state index >= 15 is 0 Å². The number of hydrogen-bond donors (Lipinski definition) is 1. The van der Waals surface area contributed by atoms with Crippen LogP contribution in [0, 0.1) is 5.92 Å². The Bertz CT molecular complexity index is 564. The molecule has 1 heterocycles. The number of hydrogen-bond acceptors (Lipinski definition) is 2. The second-order valence-electron chi connectivity index (χ2n) is 7.42. The predicted octanol–water partition coefficient (Wildman–Crippen LogP) is 3.61. The molecule has 1 aromatic rings. The van der Waals surface area contributed by atoms with E-state index in [1.54, 1.807) is 0 Å². The molecule has 0 aromatic heterocycles. The smallest absolute Gasteiger partial charge is 0.317 e. The topological polar surface area (TPSA) is 35.6 Å². The molecule has 4 nitrogen and oxygen atoms in total. The first kappa shape index (κ1) is 18.0. The zero-order valence-electron chi connectivity index (χ0n) is 15.4. The normalized spacial score (nSPS) is 25.2. The number of nitrogens with one attached hydrogen (secondary N) is 1. The quantitative estimate of drug-likeness (QED) is 0.908. The minimum atomic E-state index is 0.137. The van der Waals surface area contributed by atoms with Crippen molar-refractivity contribution in [1.29, 1.82) is 0 Å². The molecule has 2 unspecified atom stereocenters. The van der Waals surface area contributed by atoms with Gasteiger partial charge in [-0.25, -0.2) is 4.79 Å². The molecule has 1 aliphatic heterocycles. The number of amides is 2. The van der Waals surface area contributed by atoms with Crippen molar-refractivity contribution in [2.45, 2.75) is 38.6 Å². The Morgan fingerprint density at radius 3 is 2.56 bits per heavy atom. The zero-order valence-corrected chi connectivity index (χ0v) is 15.4. The van der Waals surface area contributed by atoms with Gasteiger partial charge in [-0.3, -0.25) is 4.90 Å². The third kappa shape index (κ3) is 5.33. The molecule has 4 heteroatoms. The summed E-state index contributed by atoms with van der Waals surface area (Å²) < 4.78 is 0. The largest absolute Gasteiger partial charge is 0.335 e. The lowest BCUT2D eigenvalue weighted by Gasteiger charge is -2.36. The molecular weight excluding hydrogens is 310 g/mol. The number of piperazine rings is 1. The third-order valence-electron chi connectivity index (χ3n) is 5.55. The maximum absolute atomic E-state index is 12.5. The number of nitrogens with zero attached hydrogens (tertiary/aromatic N) is 2. The Labute approximate surface area is 151 Å². The van der Waals surface area contributed by atoms with Crippen molar-refractivity contribution in [1.82, 2.24) is 15.1 Å². The standard InChI is InChI=1S/C21H31N3O/c1-18-8-5-6-12-20(18)22-21(25)24-16-14-23(15-17-24)13-7-11-19-9-3-2-4-10-19/h2-4,7,9-11,18,20H,5-6,8,12-17H2,1H3,(H,22,25)/b11-7+. The fourth-order valence-corrected chi connectivity index (χ4v) is 3.82. The zero-order chi connectivity index (χ0) is 17.5. The van der Waals surface area contributed by atoms with E-state index < -0.39 is 0 Å². The van der Waals surface area contributed by atoms with Crippen molar-refractivity contribution < 1.29 is 4.79 Å². The molecule has 25 heavy (non-hydrogen) atoms. The monoisotopic (exact) mass is 341 g/mol. The van der Waals surface area contributed by atoms with Crippen molar-refractivity contribution >= 4 is 12.1 Å². The van der Waals surface area contributed by atoms with Gasteiger partial charge in [-0.1, -0.05) is 62.2 Å². The Morgan fingerprint density at radius 2 is 1.84 bits per heavy atom. The van der Waals surface area contributed by atoms with E-state index in [1.165, 1.54) is 24.8 Å². The van der Waals surface area contributed by atoms with E-state index in [4.69, 9.17) is 0 Å².